The molecule has 0 unspecified atom stereocenters. The Morgan fingerprint density at radius 3 is 2.75 bits per heavy atom. The Balaban J connectivity index is 2.42. The van der Waals surface area contributed by atoms with Crippen LogP contribution in [-0.2, 0) is 0 Å². The lowest BCUT2D eigenvalue weighted by Crippen LogP contribution is -1.99. The Labute approximate surface area is 115 Å². The lowest BCUT2D eigenvalue weighted by Gasteiger charge is -2.11. The van der Waals surface area contributed by atoms with Crippen LogP contribution in [0.25, 0.3) is 11.3 Å². The Kier molecular flexibility index (Phi) is 4.24. The molecule has 0 N–H and O–H groups in total. The van der Waals surface area contributed by atoms with Gasteiger partial charge in [-0.15, -0.1) is 0 Å². The third-order valence-electron chi connectivity index (χ3n) is 2.65. The van der Waals surface area contributed by atoms with Crippen molar-refractivity contribution in [2.24, 2.45) is 0 Å². The van der Waals surface area contributed by atoms with E-state index in [9.17, 15) is 14.5 Å². The molecule has 0 atom stereocenters. The number of ether oxygens (including phenoxy) is 1. The van der Waals surface area contributed by atoms with E-state index in [0.29, 0.717) is 18.1 Å². The molecule has 0 spiro atoms. The highest BCUT2D eigenvalue weighted by molar-refractivity contribution is 5.68. The summed E-state index contributed by atoms with van der Waals surface area (Å²) in [6.45, 7) is 2.41. The molecule has 0 radical (unpaired) electrons. The predicted octanol–water partition coefficient (Wildman–Crippen LogP) is 3.58. The zero-order valence-corrected chi connectivity index (χ0v) is 10.9. The molecule has 0 aliphatic heterocycles. The highest BCUT2D eigenvalue weighted by atomic mass is 19.1. The van der Waals surface area contributed by atoms with Crippen LogP contribution in [0.3, 0.4) is 0 Å². The molecule has 0 saturated carbocycles. The topological polar surface area (TPSA) is 65.3 Å². The molecular weight excluding hydrogens is 263 g/mol. The molecule has 0 bridgehead atoms. The maximum absolute atomic E-state index is 14.0. The second kappa shape index (κ2) is 6.10. The molecule has 0 saturated heterocycles. The molecule has 0 amide bonds. The average Bonchev–Trinajstić information content (AvgIpc) is 2.45. The fraction of sp³-hybridized carbons (Fsp3) is 0.214. The molecule has 104 valence electrons. The minimum absolute atomic E-state index is 0.138. The van der Waals surface area contributed by atoms with Crippen molar-refractivity contribution in [3.05, 3.63) is 52.5 Å². The molecule has 20 heavy (non-hydrogen) atoms. The fourth-order valence-electron chi connectivity index (χ4n) is 1.73. The number of nitro groups is 1. The van der Waals surface area contributed by atoms with E-state index >= 15 is 0 Å². The predicted molar refractivity (Wildman–Crippen MR) is 72.1 cm³/mol. The van der Waals surface area contributed by atoms with Crippen molar-refractivity contribution in [3.63, 3.8) is 0 Å². The van der Waals surface area contributed by atoms with Gasteiger partial charge in [-0.2, -0.15) is 0 Å². The Hall–Kier alpha value is -2.50. The summed E-state index contributed by atoms with van der Waals surface area (Å²) in [7, 11) is 0. The van der Waals surface area contributed by atoms with Crippen molar-refractivity contribution < 1.29 is 14.1 Å². The third kappa shape index (κ3) is 2.90. The van der Waals surface area contributed by atoms with Gasteiger partial charge in [0.2, 0.25) is 0 Å². The Bertz CT molecular complexity index is 614. The van der Waals surface area contributed by atoms with E-state index in [0.717, 1.165) is 12.6 Å². The highest BCUT2D eigenvalue weighted by Gasteiger charge is 2.15. The lowest BCUT2D eigenvalue weighted by molar-refractivity contribution is -0.385. The van der Waals surface area contributed by atoms with Gasteiger partial charge in [-0.05, 0) is 24.6 Å². The van der Waals surface area contributed by atoms with Gasteiger partial charge >= 0.3 is 0 Å². The van der Waals surface area contributed by atoms with Crippen molar-refractivity contribution in [3.8, 4) is 17.0 Å². The maximum Gasteiger partial charge on any atom is 0.287 e. The number of benzene rings is 1. The highest BCUT2D eigenvalue weighted by Crippen LogP contribution is 2.32. The molecule has 0 fully saturated rings. The van der Waals surface area contributed by atoms with E-state index in [-0.39, 0.29) is 11.3 Å². The molecule has 6 heteroatoms. The first-order valence-corrected chi connectivity index (χ1v) is 6.15. The van der Waals surface area contributed by atoms with Gasteiger partial charge < -0.3 is 4.74 Å². The Morgan fingerprint density at radius 2 is 2.15 bits per heavy atom. The van der Waals surface area contributed by atoms with Gasteiger partial charge in [0.25, 0.3) is 5.69 Å². The van der Waals surface area contributed by atoms with Gasteiger partial charge in [-0.25, -0.2) is 9.37 Å². The number of aromatic nitrogens is 1. The van der Waals surface area contributed by atoms with E-state index in [4.69, 9.17) is 4.74 Å². The van der Waals surface area contributed by atoms with Gasteiger partial charge in [0.05, 0.1) is 22.8 Å². The number of nitrogens with zero attached hydrogens (tertiary/aromatic N) is 2. The van der Waals surface area contributed by atoms with E-state index in [1.54, 1.807) is 12.1 Å². The summed E-state index contributed by atoms with van der Waals surface area (Å²) < 4.78 is 19.5. The van der Waals surface area contributed by atoms with E-state index < -0.39 is 10.7 Å². The maximum atomic E-state index is 14.0. The van der Waals surface area contributed by atoms with Crippen molar-refractivity contribution in [1.29, 1.82) is 0 Å². The van der Waals surface area contributed by atoms with Crippen LogP contribution in [0.2, 0.25) is 0 Å². The normalized spacial score (nSPS) is 10.3. The van der Waals surface area contributed by atoms with Gasteiger partial charge in [0.15, 0.2) is 0 Å². The molecular formula is C14H13FN2O3. The van der Waals surface area contributed by atoms with Gasteiger partial charge in [-0.1, -0.05) is 13.0 Å². The summed E-state index contributed by atoms with van der Waals surface area (Å²) in [5, 5.41) is 10.6. The smallest absolute Gasteiger partial charge is 0.287 e. The second-order valence-corrected chi connectivity index (χ2v) is 4.12. The van der Waals surface area contributed by atoms with Crippen LogP contribution in [0.1, 0.15) is 13.3 Å². The number of rotatable bonds is 5. The Morgan fingerprint density at radius 1 is 1.35 bits per heavy atom. The number of hydrogen-bond acceptors (Lipinski definition) is 4. The zero-order chi connectivity index (χ0) is 14.5. The zero-order valence-electron chi connectivity index (χ0n) is 10.9. The number of halogens is 1. The largest absolute Gasteiger partial charge is 0.493 e. The number of pyridine rings is 1. The summed E-state index contributed by atoms with van der Waals surface area (Å²) >= 11 is 0. The number of hydrogen-bond donors (Lipinski definition) is 0. The van der Waals surface area contributed by atoms with Crippen LogP contribution >= 0.6 is 0 Å². The van der Waals surface area contributed by atoms with Crippen molar-refractivity contribution >= 4 is 5.69 Å². The van der Waals surface area contributed by atoms with Gasteiger partial charge in [-0.3, -0.25) is 10.1 Å². The van der Waals surface area contributed by atoms with E-state index in [2.05, 4.69) is 4.98 Å². The first-order valence-electron chi connectivity index (χ1n) is 6.15. The van der Waals surface area contributed by atoms with Gasteiger partial charge in [0.1, 0.15) is 17.8 Å². The van der Waals surface area contributed by atoms with Crippen LogP contribution in [-0.4, -0.2) is 16.5 Å². The minimum atomic E-state index is -0.549. The van der Waals surface area contributed by atoms with E-state index in [1.165, 1.54) is 18.2 Å². The lowest BCUT2D eigenvalue weighted by atomic mass is 10.1. The van der Waals surface area contributed by atoms with Crippen LogP contribution in [0.4, 0.5) is 10.1 Å². The first-order chi connectivity index (χ1) is 9.63. The average molecular weight is 276 g/mol. The van der Waals surface area contributed by atoms with Crippen LogP contribution in [0.5, 0.6) is 5.75 Å². The van der Waals surface area contributed by atoms with Crippen molar-refractivity contribution in [2.75, 3.05) is 6.61 Å². The monoisotopic (exact) mass is 276 g/mol. The first kappa shape index (κ1) is 13.9. The molecule has 0 aliphatic rings. The van der Waals surface area contributed by atoms with Gasteiger partial charge in [0, 0.05) is 6.07 Å². The molecule has 1 heterocycles. The van der Waals surface area contributed by atoms with Crippen LogP contribution in [0.15, 0.2) is 36.5 Å². The molecule has 1 aromatic carbocycles. The minimum Gasteiger partial charge on any atom is -0.493 e. The second-order valence-electron chi connectivity index (χ2n) is 4.12. The summed E-state index contributed by atoms with van der Waals surface area (Å²) in [6.07, 6.45) is 1.90. The third-order valence-corrected chi connectivity index (χ3v) is 2.65. The SMILES string of the molecule is CCCOc1cccc(F)c1-c1ccc([N+](=O)[O-])cn1. The molecule has 0 aliphatic carbocycles. The van der Waals surface area contributed by atoms with Crippen molar-refractivity contribution in [1.82, 2.24) is 4.98 Å². The van der Waals surface area contributed by atoms with Crippen LogP contribution < -0.4 is 4.74 Å². The standard InChI is InChI=1S/C14H13FN2O3/c1-2-8-20-13-5-3-4-11(15)14(13)12-7-6-10(9-16-12)17(18)19/h3-7,9H,2,8H2,1H3. The molecule has 5 nitrogen and oxygen atoms in total. The summed E-state index contributed by atoms with van der Waals surface area (Å²) in [5.41, 5.74) is 0.386. The quantitative estimate of drug-likeness (QED) is 0.618. The molecule has 1 aromatic heterocycles. The summed E-state index contributed by atoms with van der Waals surface area (Å²) in [4.78, 5) is 14.0. The van der Waals surface area contributed by atoms with Crippen molar-refractivity contribution in [2.45, 2.75) is 13.3 Å². The molecule has 2 aromatic rings. The fourth-order valence-corrected chi connectivity index (χ4v) is 1.73. The summed E-state index contributed by atoms with van der Waals surface area (Å²) in [6, 6.07) is 7.21. The van der Waals surface area contributed by atoms with Crippen LogP contribution in [0, 0.1) is 15.9 Å². The molecule has 2 rings (SSSR count). The van der Waals surface area contributed by atoms with E-state index in [1.807, 2.05) is 6.92 Å². The summed E-state index contributed by atoms with van der Waals surface area (Å²) in [5.74, 6) is -0.0897.